The number of aliphatic hydroxyl groups is 1. The molecule has 1 aliphatic carbocycles. The summed E-state index contributed by atoms with van der Waals surface area (Å²) in [5, 5.41) is 13.1. The minimum absolute atomic E-state index is 0.0446. The standard InChI is InChI=1S/C16H32N2O3/c1-12(2)18(11-16(3,4)20)15(19)17-13-9-7-6-8-10-14(13)21-5/h12-14,20H,6-11H2,1-5H3,(H,17,19)/t13-,14+/m0/s1. The largest absolute Gasteiger partial charge is 0.389 e. The zero-order chi connectivity index (χ0) is 16.0. The molecule has 0 aliphatic heterocycles. The van der Waals surface area contributed by atoms with Gasteiger partial charge in [0.2, 0.25) is 0 Å². The van der Waals surface area contributed by atoms with Gasteiger partial charge < -0.3 is 20.1 Å². The Balaban J connectivity index is 2.70. The number of carbonyl (C=O) groups is 1. The Bertz CT molecular complexity index is 326. The van der Waals surface area contributed by atoms with Crippen LogP contribution in [0.15, 0.2) is 0 Å². The molecule has 21 heavy (non-hydrogen) atoms. The summed E-state index contributed by atoms with van der Waals surface area (Å²) < 4.78 is 5.54. The number of hydrogen-bond acceptors (Lipinski definition) is 3. The van der Waals surface area contributed by atoms with Crippen LogP contribution in [0.25, 0.3) is 0 Å². The van der Waals surface area contributed by atoms with Gasteiger partial charge in [-0.2, -0.15) is 0 Å². The highest BCUT2D eigenvalue weighted by Crippen LogP contribution is 2.21. The van der Waals surface area contributed by atoms with Crippen LogP contribution in [0.4, 0.5) is 4.79 Å². The fourth-order valence-electron chi connectivity index (χ4n) is 2.87. The van der Waals surface area contributed by atoms with E-state index in [-0.39, 0.29) is 24.2 Å². The first-order valence-corrected chi connectivity index (χ1v) is 8.07. The van der Waals surface area contributed by atoms with E-state index >= 15 is 0 Å². The van der Waals surface area contributed by atoms with Crippen molar-refractivity contribution in [3.8, 4) is 0 Å². The van der Waals surface area contributed by atoms with Crippen molar-refractivity contribution in [1.82, 2.24) is 10.2 Å². The second-order valence-electron chi connectivity index (χ2n) is 7.00. The van der Waals surface area contributed by atoms with Crippen LogP contribution in [-0.2, 0) is 4.74 Å². The summed E-state index contributed by atoms with van der Waals surface area (Å²) in [4.78, 5) is 14.2. The second kappa shape index (κ2) is 7.99. The summed E-state index contributed by atoms with van der Waals surface area (Å²) in [6.07, 6.45) is 5.52. The molecule has 5 nitrogen and oxygen atoms in total. The van der Waals surface area contributed by atoms with Crippen LogP contribution in [-0.4, -0.2) is 53.5 Å². The fourth-order valence-corrected chi connectivity index (χ4v) is 2.87. The van der Waals surface area contributed by atoms with Crippen molar-refractivity contribution in [2.75, 3.05) is 13.7 Å². The van der Waals surface area contributed by atoms with Crippen LogP contribution in [0.5, 0.6) is 0 Å². The van der Waals surface area contributed by atoms with Gasteiger partial charge >= 0.3 is 6.03 Å². The van der Waals surface area contributed by atoms with Gasteiger partial charge in [-0.3, -0.25) is 0 Å². The summed E-state index contributed by atoms with van der Waals surface area (Å²) in [6, 6.07) is -0.00247. The van der Waals surface area contributed by atoms with E-state index in [1.54, 1.807) is 25.9 Å². The first-order valence-electron chi connectivity index (χ1n) is 8.07. The molecule has 0 aromatic rings. The number of methoxy groups -OCH3 is 1. The summed E-state index contributed by atoms with van der Waals surface area (Å²) in [5.41, 5.74) is -0.897. The van der Waals surface area contributed by atoms with Crippen molar-refractivity contribution >= 4 is 6.03 Å². The van der Waals surface area contributed by atoms with Crippen molar-refractivity contribution in [1.29, 1.82) is 0 Å². The van der Waals surface area contributed by atoms with Gasteiger partial charge in [0.1, 0.15) is 0 Å². The predicted molar refractivity (Wildman–Crippen MR) is 84.3 cm³/mol. The molecule has 0 heterocycles. The molecule has 1 saturated carbocycles. The lowest BCUT2D eigenvalue weighted by molar-refractivity contribution is 0.0332. The van der Waals surface area contributed by atoms with Crippen LogP contribution in [0.2, 0.25) is 0 Å². The van der Waals surface area contributed by atoms with E-state index in [0.717, 1.165) is 25.7 Å². The van der Waals surface area contributed by atoms with E-state index in [2.05, 4.69) is 5.32 Å². The average molecular weight is 300 g/mol. The monoisotopic (exact) mass is 300 g/mol. The molecule has 0 aromatic carbocycles. The van der Waals surface area contributed by atoms with Crippen molar-refractivity contribution in [3.05, 3.63) is 0 Å². The van der Waals surface area contributed by atoms with E-state index in [4.69, 9.17) is 4.74 Å². The maximum atomic E-state index is 12.6. The zero-order valence-corrected chi connectivity index (χ0v) is 14.2. The zero-order valence-electron chi connectivity index (χ0n) is 14.2. The molecular formula is C16H32N2O3. The Kier molecular flexibility index (Phi) is 6.94. The van der Waals surface area contributed by atoms with Crippen molar-refractivity contribution in [2.45, 2.75) is 83.6 Å². The summed E-state index contributed by atoms with van der Waals surface area (Å²) >= 11 is 0. The molecule has 0 spiro atoms. The minimum atomic E-state index is -0.897. The number of nitrogens with zero attached hydrogens (tertiary/aromatic N) is 1. The van der Waals surface area contributed by atoms with Gasteiger partial charge in [0, 0.05) is 13.2 Å². The van der Waals surface area contributed by atoms with Crippen LogP contribution >= 0.6 is 0 Å². The number of rotatable bonds is 5. The molecule has 0 radical (unpaired) electrons. The Morgan fingerprint density at radius 3 is 2.48 bits per heavy atom. The lowest BCUT2D eigenvalue weighted by Crippen LogP contribution is -2.54. The van der Waals surface area contributed by atoms with Gasteiger partial charge in [-0.1, -0.05) is 19.3 Å². The molecule has 0 aromatic heterocycles. The Labute approximate surface area is 129 Å². The minimum Gasteiger partial charge on any atom is -0.389 e. The van der Waals surface area contributed by atoms with E-state index in [1.807, 2.05) is 13.8 Å². The highest BCUT2D eigenvalue weighted by molar-refractivity contribution is 5.75. The average Bonchev–Trinajstić information content (AvgIpc) is 2.59. The molecule has 124 valence electrons. The van der Waals surface area contributed by atoms with Gasteiger partial charge in [-0.05, 0) is 40.5 Å². The highest BCUT2D eigenvalue weighted by Gasteiger charge is 2.29. The molecule has 0 saturated heterocycles. The summed E-state index contributed by atoms with van der Waals surface area (Å²) in [6.45, 7) is 7.69. The predicted octanol–water partition coefficient (Wildman–Crippen LogP) is 2.53. The Hall–Kier alpha value is -0.810. The molecular weight excluding hydrogens is 268 g/mol. The van der Waals surface area contributed by atoms with Crippen LogP contribution < -0.4 is 5.32 Å². The molecule has 0 bridgehead atoms. The quantitative estimate of drug-likeness (QED) is 0.767. The molecule has 2 amide bonds. The molecule has 1 rings (SSSR count). The molecule has 1 fully saturated rings. The molecule has 2 atom stereocenters. The first-order chi connectivity index (χ1) is 9.74. The van der Waals surface area contributed by atoms with Crippen LogP contribution in [0.3, 0.4) is 0 Å². The van der Waals surface area contributed by atoms with Crippen LogP contribution in [0.1, 0.15) is 59.8 Å². The first kappa shape index (κ1) is 18.2. The van der Waals surface area contributed by atoms with Gasteiger partial charge in [0.05, 0.1) is 24.3 Å². The van der Waals surface area contributed by atoms with Crippen molar-refractivity contribution in [3.63, 3.8) is 0 Å². The Morgan fingerprint density at radius 2 is 1.95 bits per heavy atom. The lowest BCUT2D eigenvalue weighted by atomic mass is 10.1. The molecule has 2 N–H and O–H groups in total. The normalized spacial score (nSPS) is 23.8. The third-order valence-corrected chi connectivity index (χ3v) is 4.01. The SMILES string of the molecule is CO[C@@H]1CCCCC[C@@H]1NC(=O)N(CC(C)(C)O)C(C)C. The Morgan fingerprint density at radius 1 is 1.33 bits per heavy atom. The van der Waals surface area contributed by atoms with E-state index < -0.39 is 5.60 Å². The molecule has 5 heteroatoms. The second-order valence-corrected chi connectivity index (χ2v) is 7.00. The molecule has 0 unspecified atom stereocenters. The topological polar surface area (TPSA) is 61.8 Å². The maximum Gasteiger partial charge on any atom is 0.318 e. The van der Waals surface area contributed by atoms with Gasteiger partial charge in [-0.15, -0.1) is 0 Å². The number of amides is 2. The summed E-state index contributed by atoms with van der Waals surface area (Å²) in [5.74, 6) is 0. The number of carbonyl (C=O) groups excluding carboxylic acids is 1. The van der Waals surface area contributed by atoms with Crippen LogP contribution in [0, 0.1) is 0 Å². The lowest BCUT2D eigenvalue weighted by Gasteiger charge is -2.34. The third kappa shape index (κ3) is 6.22. The summed E-state index contributed by atoms with van der Waals surface area (Å²) in [7, 11) is 1.71. The van der Waals surface area contributed by atoms with Gasteiger partial charge in [0.15, 0.2) is 0 Å². The number of nitrogens with one attached hydrogen (secondary N) is 1. The van der Waals surface area contributed by atoms with Gasteiger partial charge in [0.25, 0.3) is 0 Å². The number of urea groups is 1. The van der Waals surface area contributed by atoms with Crippen molar-refractivity contribution in [2.24, 2.45) is 0 Å². The van der Waals surface area contributed by atoms with E-state index in [1.165, 1.54) is 6.42 Å². The van der Waals surface area contributed by atoms with Crippen molar-refractivity contribution < 1.29 is 14.6 Å². The van der Waals surface area contributed by atoms with E-state index in [9.17, 15) is 9.90 Å². The van der Waals surface area contributed by atoms with E-state index in [0.29, 0.717) is 6.54 Å². The maximum absolute atomic E-state index is 12.6. The number of hydrogen-bond donors (Lipinski definition) is 2. The van der Waals surface area contributed by atoms with Gasteiger partial charge in [-0.25, -0.2) is 4.79 Å². The fraction of sp³-hybridized carbons (Fsp3) is 0.938. The molecule has 1 aliphatic rings. The smallest absolute Gasteiger partial charge is 0.318 e. The number of ether oxygens (including phenoxy) is 1. The third-order valence-electron chi connectivity index (χ3n) is 4.01. The highest BCUT2D eigenvalue weighted by atomic mass is 16.5.